The van der Waals surface area contributed by atoms with E-state index in [0.717, 1.165) is 5.56 Å². The number of nitrogens with zero attached hydrogens (tertiary/aromatic N) is 2. The van der Waals surface area contributed by atoms with Crippen molar-refractivity contribution in [3.63, 3.8) is 0 Å². The maximum absolute atomic E-state index is 13.2. The van der Waals surface area contributed by atoms with Gasteiger partial charge in [0.15, 0.2) is 0 Å². The van der Waals surface area contributed by atoms with Crippen LogP contribution in [0.4, 0.5) is 5.69 Å². The summed E-state index contributed by atoms with van der Waals surface area (Å²) < 4.78 is 27.7. The number of benzene rings is 2. The minimum Gasteiger partial charge on any atom is -0.264 e. The fourth-order valence-electron chi connectivity index (χ4n) is 2.33. The number of hydrogen-bond donors (Lipinski definition) is 0. The standard InChI is InChI=1S/C18H14Cl2N2O2S/c19-15-6-8-17(9-7-15)22(13-14-3-2-10-21-12-14)25(23,24)18-5-1-4-16(20)11-18/h1-12H,13H2. The van der Waals surface area contributed by atoms with Gasteiger partial charge in [0, 0.05) is 22.4 Å². The Morgan fingerprint density at radius 3 is 2.32 bits per heavy atom. The number of anilines is 1. The van der Waals surface area contributed by atoms with Crippen LogP contribution in [0.2, 0.25) is 10.0 Å². The highest BCUT2D eigenvalue weighted by Gasteiger charge is 2.25. The van der Waals surface area contributed by atoms with Crippen molar-refractivity contribution >= 4 is 38.9 Å². The molecule has 0 fully saturated rings. The SMILES string of the molecule is O=S(=O)(c1cccc(Cl)c1)N(Cc1cccnc1)c1ccc(Cl)cc1. The van der Waals surface area contributed by atoms with Crippen LogP contribution in [-0.2, 0) is 16.6 Å². The van der Waals surface area contributed by atoms with Gasteiger partial charge in [-0.25, -0.2) is 8.42 Å². The first-order chi connectivity index (χ1) is 12.0. The Kier molecular flexibility index (Phi) is 5.27. The van der Waals surface area contributed by atoms with Gasteiger partial charge in [-0.2, -0.15) is 0 Å². The van der Waals surface area contributed by atoms with Crippen molar-refractivity contribution in [1.82, 2.24) is 4.98 Å². The lowest BCUT2D eigenvalue weighted by Crippen LogP contribution is -2.30. The van der Waals surface area contributed by atoms with Gasteiger partial charge in [-0.15, -0.1) is 0 Å². The van der Waals surface area contributed by atoms with Crippen LogP contribution < -0.4 is 4.31 Å². The molecule has 4 nitrogen and oxygen atoms in total. The van der Waals surface area contributed by atoms with E-state index in [1.54, 1.807) is 54.9 Å². The molecule has 0 aliphatic rings. The lowest BCUT2D eigenvalue weighted by atomic mass is 10.2. The zero-order chi connectivity index (χ0) is 17.9. The van der Waals surface area contributed by atoms with Gasteiger partial charge in [0.1, 0.15) is 0 Å². The van der Waals surface area contributed by atoms with Gasteiger partial charge < -0.3 is 0 Å². The van der Waals surface area contributed by atoms with Gasteiger partial charge in [-0.3, -0.25) is 9.29 Å². The Bertz CT molecular complexity index is 962. The fraction of sp³-hybridized carbons (Fsp3) is 0.0556. The van der Waals surface area contributed by atoms with Crippen LogP contribution in [-0.4, -0.2) is 13.4 Å². The first-order valence-corrected chi connectivity index (χ1v) is 9.59. The second kappa shape index (κ2) is 7.44. The lowest BCUT2D eigenvalue weighted by Gasteiger charge is -2.24. The molecule has 0 N–H and O–H groups in total. The van der Waals surface area contributed by atoms with Crippen LogP contribution in [0.3, 0.4) is 0 Å². The highest BCUT2D eigenvalue weighted by Crippen LogP contribution is 2.28. The molecule has 0 spiro atoms. The van der Waals surface area contributed by atoms with Crippen molar-refractivity contribution in [1.29, 1.82) is 0 Å². The molecule has 0 aliphatic heterocycles. The third-order valence-electron chi connectivity index (χ3n) is 3.55. The van der Waals surface area contributed by atoms with Crippen LogP contribution in [0.15, 0.2) is 78.0 Å². The second-order valence-electron chi connectivity index (χ2n) is 5.31. The molecule has 0 saturated heterocycles. The summed E-state index contributed by atoms with van der Waals surface area (Å²) in [6.07, 6.45) is 3.28. The molecule has 0 radical (unpaired) electrons. The van der Waals surface area contributed by atoms with Crippen molar-refractivity contribution in [2.24, 2.45) is 0 Å². The molecule has 0 bridgehead atoms. The molecule has 0 aliphatic carbocycles. The van der Waals surface area contributed by atoms with E-state index in [1.807, 2.05) is 6.07 Å². The maximum Gasteiger partial charge on any atom is 0.264 e. The van der Waals surface area contributed by atoms with Gasteiger partial charge in [-0.05, 0) is 54.1 Å². The Morgan fingerprint density at radius 1 is 0.920 bits per heavy atom. The molecule has 3 rings (SSSR count). The number of sulfonamides is 1. The smallest absolute Gasteiger partial charge is 0.264 e. The van der Waals surface area contributed by atoms with E-state index in [-0.39, 0.29) is 11.4 Å². The minimum absolute atomic E-state index is 0.124. The third-order valence-corrected chi connectivity index (χ3v) is 5.80. The predicted octanol–water partition coefficient (Wildman–Crippen LogP) is 4.78. The number of pyridine rings is 1. The van der Waals surface area contributed by atoms with Crippen LogP contribution >= 0.6 is 23.2 Å². The van der Waals surface area contributed by atoms with Crippen molar-refractivity contribution in [2.75, 3.05) is 4.31 Å². The first kappa shape index (κ1) is 17.7. The van der Waals surface area contributed by atoms with Crippen LogP contribution in [0.25, 0.3) is 0 Å². The summed E-state index contributed by atoms with van der Waals surface area (Å²) in [7, 11) is -3.81. The summed E-state index contributed by atoms with van der Waals surface area (Å²) >= 11 is 11.9. The molecule has 25 heavy (non-hydrogen) atoms. The van der Waals surface area contributed by atoms with E-state index < -0.39 is 10.0 Å². The Morgan fingerprint density at radius 2 is 1.68 bits per heavy atom. The van der Waals surface area contributed by atoms with Crippen molar-refractivity contribution in [2.45, 2.75) is 11.4 Å². The largest absolute Gasteiger partial charge is 0.264 e. The fourth-order valence-corrected chi connectivity index (χ4v) is 4.21. The van der Waals surface area contributed by atoms with E-state index >= 15 is 0 Å². The molecular formula is C18H14Cl2N2O2S. The van der Waals surface area contributed by atoms with Crippen molar-refractivity contribution in [3.8, 4) is 0 Å². The zero-order valence-corrected chi connectivity index (χ0v) is 15.3. The van der Waals surface area contributed by atoms with Crippen molar-refractivity contribution in [3.05, 3.63) is 88.7 Å². The number of halogens is 2. The van der Waals surface area contributed by atoms with E-state index in [0.29, 0.717) is 15.7 Å². The van der Waals surface area contributed by atoms with Crippen LogP contribution in [0.1, 0.15) is 5.56 Å². The Labute approximate surface area is 156 Å². The average molecular weight is 393 g/mol. The van der Waals surface area contributed by atoms with Crippen molar-refractivity contribution < 1.29 is 8.42 Å². The van der Waals surface area contributed by atoms with E-state index in [9.17, 15) is 8.42 Å². The Hall–Kier alpha value is -2.08. The molecule has 7 heteroatoms. The van der Waals surface area contributed by atoms with Gasteiger partial charge in [0.2, 0.25) is 0 Å². The predicted molar refractivity (Wildman–Crippen MR) is 101 cm³/mol. The molecule has 0 saturated carbocycles. The summed E-state index contributed by atoms with van der Waals surface area (Å²) in [6, 6.07) is 16.4. The number of aromatic nitrogens is 1. The number of rotatable bonds is 5. The van der Waals surface area contributed by atoms with E-state index in [4.69, 9.17) is 23.2 Å². The van der Waals surface area contributed by atoms with Gasteiger partial charge in [0.25, 0.3) is 10.0 Å². The molecule has 1 aromatic heterocycles. The first-order valence-electron chi connectivity index (χ1n) is 7.39. The van der Waals surface area contributed by atoms with Crippen LogP contribution in [0.5, 0.6) is 0 Å². The highest BCUT2D eigenvalue weighted by molar-refractivity contribution is 7.92. The molecule has 1 heterocycles. The molecular weight excluding hydrogens is 379 g/mol. The monoisotopic (exact) mass is 392 g/mol. The summed E-state index contributed by atoms with van der Waals surface area (Å²) in [5.74, 6) is 0. The van der Waals surface area contributed by atoms with E-state index in [1.165, 1.54) is 16.4 Å². The highest BCUT2D eigenvalue weighted by atomic mass is 35.5. The Balaban J connectivity index is 2.08. The lowest BCUT2D eigenvalue weighted by molar-refractivity contribution is 0.590. The molecule has 3 aromatic rings. The van der Waals surface area contributed by atoms with Gasteiger partial charge in [0.05, 0.1) is 17.1 Å². The molecule has 0 amide bonds. The average Bonchev–Trinajstić information content (AvgIpc) is 2.61. The summed E-state index contributed by atoms with van der Waals surface area (Å²) in [6.45, 7) is 0.143. The summed E-state index contributed by atoms with van der Waals surface area (Å²) in [4.78, 5) is 4.17. The summed E-state index contributed by atoms with van der Waals surface area (Å²) in [5, 5.41) is 0.892. The molecule has 0 unspecified atom stereocenters. The topological polar surface area (TPSA) is 50.3 Å². The maximum atomic E-state index is 13.2. The summed E-state index contributed by atoms with van der Waals surface area (Å²) in [5.41, 5.74) is 1.27. The number of hydrogen-bond acceptors (Lipinski definition) is 3. The molecule has 128 valence electrons. The van der Waals surface area contributed by atoms with Gasteiger partial charge in [-0.1, -0.05) is 35.3 Å². The van der Waals surface area contributed by atoms with Gasteiger partial charge >= 0.3 is 0 Å². The quantitative estimate of drug-likeness (QED) is 0.627. The second-order valence-corrected chi connectivity index (χ2v) is 8.04. The normalized spacial score (nSPS) is 11.3. The molecule has 2 aromatic carbocycles. The zero-order valence-electron chi connectivity index (χ0n) is 13.0. The minimum atomic E-state index is -3.81. The third kappa shape index (κ3) is 4.12. The van der Waals surface area contributed by atoms with Crippen LogP contribution in [0, 0.1) is 0 Å². The molecule has 0 atom stereocenters. The van der Waals surface area contributed by atoms with E-state index in [2.05, 4.69) is 4.98 Å².